The number of Topliss-reactive ketones (excluding diaryl/α,β-unsaturated/α-hetero) is 1. The molecule has 0 aliphatic carbocycles. The summed E-state index contributed by atoms with van der Waals surface area (Å²) >= 11 is 0. The Morgan fingerprint density at radius 3 is 1.89 bits per heavy atom. The van der Waals surface area contributed by atoms with Crippen LogP contribution >= 0.6 is 0 Å². The maximum absolute atomic E-state index is 13.8. The molecule has 0 aliphatic heterocycles. The molecule has 182 valence electrons. The minimum atomic E-state index is -0.194. The van der Waals surface area contributed by atoms with Crippen molar-refractivity contribution < 1.29 is 9.53 Å². The van der Waals surface area contributed by atoms with Crippen LogP contribution in [0.25, 0.3) is 22.4 Å². The van der Waals surface area contributed by atoms with Gasteiger partial charge in [-0.15, -0.1) is 0 Å². The van der Waals surface area contributed by atoms with Crippen molar-refractivity contribution in [2.45, 2.75) is 39.5 Å². The molecule has 0 saturated carbocycles. The number of rotatable bonds is 8. The fraction of sp³-hybridized carbons (Fsp3) is 0.219. The van der Waals surface area contributed by atoms with Crippen LogP contribution in [0.5, 0.6) is 5.88 Å². The van der Waals surface area contributed by atoms with E-state index >= 15 is 0 Å². The third kappa shape index (κ3) is 5.28. The van der Waals surface area contributed by atoms with Crippen molar-refractivity contribution in [3.63, 3.8) is 0 Å². The summed E-state index contributed by atoms with van der Waals surface area (Å²) in [6.07, 6.45) is 1.45. The first kappa shape index (κ1) is 25.1. The average Bonchev–Trinajstić information content (AvgIpc) is 2.91. The number of carbonyl (C=O) groups excluding carboxylic acids is 1. The average molecular weight is 477 g/mol. The Morgan fingerprint density at radius 1 is 0.806 bits per heavy atom. The van der Waals surface area contributed by atoms with Crippen LogP contribution in [0.1, 0.15) is 61.0 Å². The molecule has 0 atom stereocenters. The summed E-state index contributed by atoms with van der Waals surface area (Å²) in [6.45, 7) is 8.59. The third-order valence-electron chi connectivity index (χ3n) is 6.23. The zero-order chi connectivity index (χ0) is 25.7. The summed E-state index contributed by atoms with van der Waals surface area (Å²) in [5.41, 5.74) is 6.75. The summed E-state index contributed by atoms with van der Waals surface area (Å²) in [5, 5.41) is 0. The second-order valence-corrected chi connectivity index (χ2v) is 9.39. The third-order valence-corrected chi connectivity index (χ3v) is 6.23. The second-order valence-electron chi connectivity index (χ2n) is 9.39. The van der Waals surface area contributed by atoms with E-state index in [-0.39, 0.29) is 17.6 Å². The first-order chi connectivity index (χ1) is 17.4. The topological polar surface area (TPSA) is 51.5 Å². The van der Waals surface area contributed by atoms with Crippen molar-refractivity contribution in [2.75, 3.05) is 7.11 Å². The number of nitrogens with zero attached hydrogens (tertiary/aromatic N) is 2. The van der Waals surface area contributed by atoms with Gasteiger partial charge in [-0.25, -0.2) is 4.98 Å². The second kappa shape index (κ2) is 11.1. The predicted molar refractivity (Wildman–Crippen MR) is 149 cm³/mol. The molecule has 4 aromatic rings. The van der Waals surface area contributed by atoms with Gasteiger partial charge in [0, 0.05) is 11.1 Å². The molecule has 1 aromatic heterocycles. The molecular weight excluding hydrogens is 444 g/mol. The van der Waals surface area contributed by atoms with Crippen LogP contribution in [0.4, 0.5) is 5.69 Å². The number of hydrogen-bond donors (Lipinski definition) is 0. The van der Waals surface area contributed by atoms with E-state index in [0.717, 1.165) is 27.9 Å². The molecule has 1 heterocycles. The number of carbonyl (C=O) groups is 1. The zero-order valence-corrected chi connectivity index (χ0v) is 21.5. The van der Waals surface area contributed by atoms with Gasteiger partial charge in [-0.3, -0.25) is 9.79 Å². The molecule has 3 aromatic carbocycles. The van der Waals surface area contributed by atoms with Gasteiger partial charge >= 0.3 is 0 Å². The van der Waals surface area contributed by atoms with Gasteiger partial charge in [-0.1, -0.05) is 107 Å². The van der Waals surface area contributed by atoms with E-state index in [1.54, 1.807) is 7.11 Å². The highest BCUT2D eigenvalue weighted by atomic mass is 16.5. The van der Waals surface area contributed by atoms with Gasteiger partial charge in [0.05, 0.1) is 30.3 Å². The van der Waals surface area contributed by atoms with Gasteiger partial charge in [0.1, 0.15) is 0 Å². The van der Waals surface area contributed by atoms with E-state index in [1.165, 1.54) is 6.21 Å². The highest BCUT2D eigenvalue weighted by Crippen LogP contribution is 2.37. The predicted octanol–water partition coefficient (Wildman–Crippen LogP) is 8.26. The van der Waals surface area contributed by atoms with Crippen LogP contribution in [0.3, 0.4) is 0 Å². The van der Waals surface area contributed by atoms with Crippen molar-refractivity contribution >= 4 is 17.7 Å². The highest BCUT2D eigenvalue weighted by Gasteiger charge is 2.21. The van der Waals surface area contributed by atoms with Gasteiger partial charge in [-0.2, -0.15) is 0 Å². The first-order valence-electron chi connectivity index (χ1n) is 12.3. The van der Waals surface area contributed by atoms with E-state index in [9.17, 15) is 4.79 Å². The molecule has 0 spiro atoms. The van der Waals surface area contributed by atoms with Crippen molar-refractivity contribution in [1.29, 1.82) is 0 Å². The minimum absolute atomic E-state index is 0.194. The van der Waals surface area contributed by atoms with Crippen LogP contribution in [-0.4, -0.2) is 24.1 Å². The summed E-state index contributed by atoms with van der Waals surface area (Å²) in [4.78, 5) is 23.3. The van der Waals surface area contributed by atoms with Crippen LogP contribution in [0.15, 0.2) is 89.9 Å². The monoisotopic (exact) mass is 476 g/mol. The molecule has 36 heavy (non-hydrogen) atoms. The van der Waals surface area contributed by atoms with Gasteiger partial charge in [-0.05, 0) is 34.6 Å². The quantitative estimate of drug-likeness (QED) is 0.190. The Labute approximate surface area is 213 Å². The number of aliphatic imine (C=N–C) groups is 1. The van der Waals surface area contributed by atoms with E-state index in [4.69, 9.17) is 14.7 Å². The van der Waals surface area contributed by atoms with Gasteiger partial charge in [0.25, 0.3) is 0 Å². The first-order valence-corrected chi connectivity index (χ1v) is 12.3. The van der Waals surface area contributed by atoms with Gasteiger partial charge in [0.15, 0.2) is 0 Å². The maximum Gasteiger partial charge on any atom is 0.222 e. The number of ketones is 1. The molecule has 0 saturated heterocycles. The molecule has 4 nitrogen and oxygen atoms in total. The SMILES string of the molecule is COc1nc(-c2ccccc2)cc(C(=O)C=Nc2c(C(C)C)cccc2C(C)C)c1-c1ccccc1. The van der Waals surface area contributed by atoms with Crippen LogP contribution < -0.4 is 4.74 Å². The molecular formula is C32H32N2O2. The summed E-state index contributed by atoms with van der Waals surface area (Å²) in [5.74, 6) is 0.790. The fourth-order valence-electron chi connectivity index (χ4n) is 4.36. The molecule has 0 fully saturated rings. The minimum Gasteiger partial charge on any atom is -0.481 e. The van der Waals surface area contributed by atoms with E-state index in [0.29, 0.717) is 22.7 Å². The smallest absolute Gasteiger partial charge is 0.222 e. The fourth-order valence-corrected chi connectivity index (χ4v) is 4.36. The van der Waals surface area contributed by atoms with Crippen LogP contribution in [0.2, 0.25) is 0 Å². The number of para-hydroxylation sites is 1. The molecule has 4 rings (SSSR count). The zero-order valence-electron chi connectivity index (χ0n) is 21.5. The Kier molecular flexibility index (Phi) is 7.74. The number of benzene rings is 3. The van der Waals surface area contributed by atoms with E-state index < -0.39 is 0 Å². The van der Waals surface area contributed by atoms with Crippen molar-refractivity contribution in [1.82, 2.24) is 4.98 Å². The Bertz CT molecular complexity index is 1350. The largest absolute Gasteiger partial charge is 0.481 e. The lowest BCUT2D eigenvalue weighted by Crippen LogP contribution is -2.07. The van der Waals surface area contributed by atoms with Crippen LogP contribution in [-0.2, 0) is 0 Å². The summed E-state index contributed by atoms with van der Waals surface area (Å²) < 4.78 is 5.71. The van der Waals surface area contributed by atoms with Crippen molar-refractivity contribution in [3.05, 3.63) is 102 Å². The lowest BCUT2D eigenvalue weighted by molar-refractivity contribution is 0.107. The number of aromatic nitrogens is 1. The normalized spacial score (nSPS) is 11.4. The van der Waals surface area contributed by atoms with E-state index in [2.05, 4.69) is 45.9 Å². The number of pyridine rings is 1. The molecule has 0 N–H and O–H groups in total. The molecule has 0 aliphatic rings. The van der Waals surface area contributed by atoms with Gasteiger partial charge < -0.3 is 4.74 Å². The highest BCUT2D eigenvalue weighted by molar-refractivity contribution is 6.37. The molecule has 0 amide bonds. The van der Waals surface area contributed by atoms with Gasteiger partial charge in [0.2, 0.25) is 11.7 Å². The number of methoxy groups -OCH3 is 1. The number of ether oxygens (including phenoxy) is 1. The lowest BCUT2D eigenvalue weighted by atomic mass is 9.93. The Morgan fingerprint density at radius 2 is 1.36 bits per heavy atom. The Balaban J connectivity index is 1.89. The maximum atomic E-state index is 13.8. The van der Waals surface area contributed by atoms with E-state index in [1.807, 2.05) is 66.7 Å². The number of hydrogen-bond acceptors (Lipinski definition) is 4. The lowest BCUT2D eigenvalue weighted by Gasteiger charge is -2.16. The van der Waals surface area contributed by atoms with Crippen molar-refractivity contribution in [2.24, 2.45) is 4.99 Å². The standard InChI is InChI=1S/C32H32N2O2/c1-21(2)25-17-12-18-26(22(3)4)31(25)33-20-29(35)27-19-28(23-13-8-6-9-14-23)34-32(36-5)30(27)24-15-10-7-11-16-24/h6-22H,1-5H3. The Hall–Kier alpha value is -4.05. The molecule has 4 heteroatoms. The summed E-state index contributed by atoms with van der Waals surface area (Å²) in [7, 11) is 1.58. The molecule has 0 radical (unpaired) electrons. The van der Waals surface area contributed by atoms with Crippen molar-refractivity contribution in [3.8, 4) is 28.3 Å². The van der Waals surface area contributed by atoms with Crippen LogP contribution in [0, 0.1) is 0 Å². The summed E-state index contributed by atoms with van der Waals surface area (Å²) in [6, 6.07) is 27.6. The molecule has 0 bridgehead atoms. The molecule has 0 unspecified atom stereocenters.